The van der Waals surface area contributed by atoms with E-state index in [0.717, 1.165) is 12.8 Å². The average molecular weight is 413 g/mol. The minimum Gasteiger partial charge on any atom is -0.465 e. The summed E-state index contributed by atoms with van der Waals surface area (Å²) in [5.41, 5.74) is -1.12. The Bertz CT molecular complexity index is 388. The van der Waals surface area contributed by atoms with Crippen LogP contribution in [-0.2, 0) is 19.1 Å². The first-order valence-electron chi connectivity index (χ1n) is 12.4. The predicted octanol–water partition coefficient (Wildman–Crippen LogP) is 7.38. The second-order valence-electron chi connectivity index (χ2n) is 8.22. The number of carbonyl (C=O) groups excluding carboxylic acids is 2. The zero-order valence-corrected chi connectivity index (χ0v) is 19.9. The van der Waals surface area contributed by atoms with Crippen molar-refractivity contribution in [3.8, 4) is 0 Å². The van der Waals surface area contributed by atoms with Gasteiger partial charge >= 0.3 is 11.9 Å². The third-order valence-corrected chi connectivity index (χ3v) is 5.89. The molecule has 0 atom stereocenters. The molecule has 0 aliphatic heterocycles. The summed E-state index contributed by atoms with van der Waals surface area (Å²) < 4.78 is 10.4. The predicted molar refractivity (Wildman–Crippen MR) is 121 cm³/mol. The van der Waals surface area contributed by atoms with Crippen LogP contribution in [0.2, 0.25) is 0 Å². The minimum absolute atomic E-state index is 0.290. The van der Waals surface area contributed by atoms with Gasteiger partial charge in [-0.15, -0.1) is 0 Å². The highest BCUT2D eigenvalue weighted by Gasteiger charge is 2.46. The number of hydrogen-bond acceptors (Lipinski definition) is 4. The van der Waals surface area contributed by atoms with E-state index in [1.807, 2.05) is 6.92 Å². The summed E-state index contributed by atoms with van der Waals surface area (Å²) in [5.74, 6) is -0.841. The number of unbranched alkanes of at least 4 members (excludes halogenated alkanes) is 13. The summed E-state index contributed by atoms with van der Waals surface area (Å²) in [5, 5.41) is 0. The van der Waals surface area contributed by atoms with Gasteiger partial charge in [0.1, 0.15) is 0 Å². The first-order valence-corrected chi connectivity index (χ1v) is 12.4. The molecule has 29 heavy (non-hydrogen) atoms. The molecule has 0 unspecified atom stereocenters. The van der Waals surface area contributed by atoms with E-state index >= 15 is 0 Å². The first-order chi connectivity index (χ1) is 14.1. The Morgan fingerprint density at radius 2 is 0.897 bits per heavy atom. The van der Waals surface area contributed by atoms with Crippen LogP contribution >= 0.6 is 0 Å². The van der Waals surface area contributed by atoms with Crippen LogP contribution in [0.4, 0.5) is 0 Å². The number of esters is 2. The van der Waals surface area contributed by atoms with Gasteiger partial charge in [-0.3, -0.25) is 9.59 Å². The van der Waals surface area contributed by atoms with E-state index in [4.69, 9.17) is 9.47 Å². The van der Waals surface area contributed by atoms with Crippen molar-refractivity contribution in [3.05, 3.63) is 0 Å². The maximum absolute atomic E-state index is 12.5. The van der Waals surface area contributed by atoms with Gasteiger partial charge in [0.15, 0.2) is 5.41 Å². The van der Waals surface area contributed by atoms with E-state index in [-0.39, 0.29) is 0 Å². The van der Waals surface area contributed by atoms with Crippen LogP contribution < -0.4 is 0 Å². The zero-order valence-electron chi connectivity index (χ0n) is 19.9. The van der Waals surface area contributed by atoms with Crippen molar-refractivity contribution in [1.82, 2.24) is 0 Å². The Kier molecular flexibility index (Phi) is 18.2. The lowest BCUT2D eigenvalue weighted by molar-refractivity contribution is -0.173. The fourth-order valence-corrected chi connectivity index (χ4v) is 3.91. The van der Waals surface area contributed by atoms with Crippen molar-refractivity contribution >= 4 is 11.9 Å². The number of ether oxygens (including phenoxy) is 2. The summed E-state index contributed by atoms with van der Waals surface area (Å²) >= 11 is 0. The van der Waals surface area contributed by atoms with Crippen LogP contribution in [0, 0.1) is 5.41 Å². The standard InChI is InChI=1S/C25H48O4/c1-5-9-10-11-12-13-14-15-16-17-18-19-20-21-22-25(6-2,23(26)28-7-3)24(27)29-8-4/h5-22H2,1-4H3. The van der Waals surface area contributed by atoms with Gasteiger partial charge in [-0.1, -0.05) is 104 Å². The number of rotatable bonds is 20. The van der Waals surface area contributed by atoms with Crippen LogP contribution in [0.5, 0.6) is 0 Å². The molecule has 0 aromatic heterocycles. The minimum atomic E-state index is -1.12. The van der Waals surface area contributed by atoms with Crippen molar-refractivity contribution in [2.75, 3.05) is 13.2 Å². The Morgan fingerprint density at radius 1 is 0.552 bits per heavy atom. The molecule has 0 fully saturated rings. The maximum Gasteiger partial charge on any atom is 0.323 e. The van der Waals surface area contributed by atoms with Crippen LogP contribution in [-0.4, -0.2) is 25.2 Å². The molecule has 0 heterocycles. The molecule has 0 aromatic rings. The van der Waals surface area contributed by atoms with E-state index in [0.29, 0.717) is 26.1 Å². The van der Waals surface area contributed by atoms with Gasteiger partial charge in [-0.05, 0) is 26.7 Å². The monoisotopic (exact) mass is 412 g/mol. The van der Waals surface area contributed by atoms with Crippen LogP contribution in [0.1, 0.15) is 130 Å². The first kappa shape index (κ1) is 27.9. The van der Waals surface area contributed by atoms with Crippen molar-refractivity contribution < 1.29 is 19.1 Å². The molecule has 0 aliphatic rings. The Balaban J connectivity index is 3.93. The SMILES string of the molecule is CCCCCCCCCCCCCCCCC(CC)(C(=O)OCC)C(=O)OCC. The highest BCUT2D eigenvalue weighted by molar-refractivity contribution is 6.00. The Hall–Kier alpha value is -1.06. The third kappa shape index (κ3) is 12.3. The molecule has 0 bridgehead atoms. The fourth-order valence-electron chi connectivity index (χ4n) is 3.91. The zero-order chi connectivity index (χ0) is 21.8. The molecular formula is C25H48O4. The summed E-state index contributed by atoms with van der Waals surface area (Å²) in [6, 6.07) is 0. The molecule has 0 aliphatic carbocycles. The summed E-state index contributed by atoms with van der Waals surface area (Å²) in [6.07, 6.45) is 19.0. The molecule has 4 heteroatoms. The molecular weight excluding hydrogens is 364 g/mol. The van der Waals surface area contributed by atoms with Gasteiger partial charge in [0.25, 0.3) is 0 Å². The van der Waals surface area contributed by atoms with Crippen molar-refractivity contribution in [2.45, 2.75) is 130 Å². The fraction of sp³-hybridized carbons (Fsp3) is 0.920. The van der Waals surface area contributed by atoms with Gasteiger partial charge in [0.05, 0.1) is 13.2 Å². The molecule has 0 N–H and O–H groups in total. The van der Waals surface area contributed by atoms with E-state index in [1.54, 1.807) is 13.8 Å². The second kappa shape index (κ2) is 18.9. The Morgan fingerprint density at radius 3 is 1.21 bits per heavy atom. The summed E-state index contributed by atoms with van der Waals surface area (Å²) in [7, 11) is 0. The van der Waals surface area contributed by atoms with E-state index in [1.165, 1.54) is 77.0 Å². The van der Waals surface area contributed by atoms with Crippen LogP contribution in [0.25, 0.3) is 0 Å². The second-order valence-corrected chi connectivity index (χ2v) is 8.22. The normalized spacial score (nSPS) is 11.4. The van der Waals surface area contributed by atoms with Crippen LogP contribution in [0.3, 0.4) is 0 Å². The number of carbonyl (C=O) groups is 2. The van der Waals surface area contributed by atoms with Crippen molar-refractivity contribution in [1.29, 1.82) is 0 Å². The van der Waals surface area contributed by atoms with Crippen molar-refractivity contribution in [2.24, 2.45) is 5.41 Å². The lowest BCUT2D eigenvalue weighted by atomic mass is 9.80. The highest BCUT2D eigenvalue weighted by atomic mass is 16.6. The molecule has 0 aromatic carbocycles. The summed E-state index contributed by atoms with van der Waals surface area (Å²) in [4.78, 5) is 24.9. The lowest BCUT2D eigenvalue weighted by Crippen LogP contribution is -2.41. The van der Waals surface area contributed by atoms with E-state index in [2.05, 4.69) is 6.92 Å². The van der Waals surface area contributed by atoms with Crippen LogP contribution in [0.15, 0.2) is 0 Å². The van der Waals surface area contributed by atoms with Crippen molar-refractivity contribution in [3.63, 3.8) is 0 Å². The van der Waals surface area contributed by atoms with Gasteiger partial charge in [-0.25, -0.2) is 0 Å². The molecule has 172 valence electrons. The van der Waals surface area contributed by atoms with Gasteiger partial charge in [-0.2, -0.15) is 0 Å². The molecule has 0 saturated carbocycles. The molecule has 0 radical (unpaired) electrons. The van der Waals surface area contributed by atoms with E-state index < -0.39 is 17.4 Å². The smallest absolute Gasteiger partial charge is 0.323 e. The molecule has 0 amide bonds. The highest BCUT2D eigenvalue weighted by Crippen LogP contribution is 2.33. The Labute approximate surface area is 180 Å². The quantitative estimate of drug-likeness (QED) is 0.119. The maximum atomic E-state index is 12.5. The molecule has 0 rings (SSSR count). The molecule has 4 nitrogen and oxygen atoms in total. The average Bonchev–Trinajstić information content (AvgIpc) is 2.71. The number of hydrogen-bond donors (Lipinski definition) is 0. The lowest BCUT2D eigenvalue weighted by Gasteiger charge is -2.27. The molecule has 0 saturated heterocycles. The van der Waals surface area contributed by atoms with Gasteiger partial charge in [0, 0.05) is 0 Å². The summed E-state index contributed by atoms with van der Waals surface area (Å²) in [6.45, 7) is 8.27. The topological polar surface area (TPSA) is 52.6 Å². The molecule has 0 spiro atoms. The van der Waals surface area contributed by atoms with E-state index in [9.17, 15) is 9.59 Å². The van der Waals surface area contributed by atoms with Gasteiger partial charge < -0.3 is 9.47 Å². The third-order valence-electron chi connectivity index (χ3n) is 5.89. The largest absolute Gasteiger partial charge is 0.465 e. The van der Waals surface area contributed by atoms with Gasteiger partial charge in [0.2, 0.25) is 0 Å².